The van der Waals surface area contributed by atoms with E-state index in [1.54, 1.807) is 0 Å². The molecular weight excluding hydrogens is 284 g/mol. The lowest BCUT2D eigenvalue weighted by Crippen LogP contribution is -2.44. The monoisotopic (exact) mass is 310 g/mol. The van der Waals surface area contributed by atoms with Gasteiger partial charge in [0.2, 0.25) is 0 Å². The topological polar surface area (TPSA) is 24.5 Å². The Morgan fingerprint density at radius 3 is 2.67 bits per heavy atom. The maximum absolute atomic E-state index is 5.97. The van der Waals surface area contributed by atoms with E-state index in [0.29, 0.717) is 6.04 Å². The van der Waals surface area contributed by atoms with E-state index in [9.17, 15) is 0 Å². The van der Waals surface area contributed by atoms with E-state index in [1.807, 2.05) is 12.1 Å². The highest BCUT2D eigenvalue weighted by Crippen LogP contribution is 2.31. The Labute approximate surface area is 133 Å². The Morgan fingerprint density at radius 1 is 1.38 bits per heavy atom. The molecule has 1 saturated heterocycles. The zero-order chi connectivity index (χ0) is 15.3. The van der Waals surface area contributed by atoms with E-state index in [-0.39, 0.29) is 5.41 Å². The van der Waals surface area contributed by atoms with Gasteiger partial charge in [0.1, 0.15) is 0 Å². The fraction of sp³-hybridized carbons (Fsp3) is 0.647. The van der Waals surface area contributed by atoms with Crippen LogP contribution in [0.3, 0.4) is 0 Å². The van der Waals surface area contributed by atoms with E-state index in [1.165, 1.54) is 5.56 Å². The van der Waals surface area contributed by atoms with Crippen LogP contribution in [0, 0.1) is 5.41 Å². The lowest BCUT2D eigenvalue weighted by atomic mass is 9.86. The van der Waals surface area contributed by atoms with Crippen molar-refractivity contribution in [2.75, 3.05) is 39.9 Å². The van der Waals surface area contributed by atoms with Gasteiger partial charge in [-0.25, -0.2) is 0 Å². The van der Waals surface area contributed by atoms with Gasteiger partial charge in [-0.3, -0.25) is 4.90 Å². The van der Waals surface area contributed by atoms with Gasteiger partial charge in [0.15, 0.2) is 0 Å². The second-order valence-electron chi connectivity index (χ2n) is 6.23. The molecule has 2 rings (SSSR count). The van der Waals surface area contributed by atoms with Crippen LogP contribution in [0.25, 0.3) is 0 Å². The molecule has 1 fully saturated rings. The molecule has 0 amide bonds. The van der Waals surface area contributed by atoms with Crippen molar-refractivity contribution in [2.24, 2.45) is 5.41 Å². The highest BCUT2D eigenvalue weighted by Gasteiger charge is 2.36. The molecule has 4 heteroatoms. The molecule has 0 bridgehead atoms. The molecule has 0 aliphatic carbocycles. The van der Waals surface area contributed by atoms with Crippen molar-refractivity contribution in [2.45, 2.75) is 26.3 Å². The lowest BCUT2D eigenvalue weighted by Gasteiger charge is -2.35. The first kappa shape index (κ1) is 16.8. The van der Waals surface area contributed by atoms with Crippen LogP contribution in [0.5, 0.6) is 0 Å². The lowest BCUT2D eigenvalue weighted by molar-refractivity contribution is 0.104. The van der Waals surface area contributed by atoms with Crippen molar-refractivity contribution in [1.29, 1.82) is 0 Å². The molecule has 0 spiro atoms. The summed E-state index contributed by atoms with van der Waals surface area (Å²) >= 11 is 5.97. The molecule has 0 radical (unpaired) electrons. The standard InChI is InChI=1S/C17H27ClN2O/c1-4-19-11-17(9-10-21-13-17)12-20(3)14(2)15-5-7-16(18)8-6-15/h5-8,14,19H,4,9-13H2,1-3H3. The van der Waals surface area contributed by atoms with Gasteiger partial charge < -0.3 is 10.1 Å². The van der Waals surface area contributed by atoms with E-state index in [4.69, 9.17) is 16.3 Å². The molecule has 1 aromatic carbocycles. The molecule has 21 heavy (non-hydrogen) atoms. The minimum absolute atomic E-state index is 0.242. The zero-order valence-corrected chi connectivity index (χ0v) is 14.1. The predicted molar refractivity (Wildman–Crippen MR) is 88.9 cm³/mol. The molecule has 1 aliphatic rings. The predicted octanol–water partition coefficient (Wildman–Crippen LogP) is 3.35. The van der Waals surface area contributed by atoms with E-state index < -0.39 is 0 Å². The summed E-state index contributed by atoms with van der Waals surface area (Å²) in [4.78, 5) is 2.43. The first-order valence-electron chi connectivity index (χ1n) is 7.80. The number of halogens is 1. The first-order valence-corrected chi connectivity index (χ1v) is 8.18. The molecule has 2 unspecified atom stereocenters. The molecule has 118 valence electrons. The third kappa shape index (κ3) is 4.43. The van der Waals surface area contributed by atoms with Crippen LogP contribution in [0.1, 0.15) is 31.9 Å². The van der Waals surface area contributed by atoms with Crippen molar-refractivity contribution in [3.8, 4) is 0 Å². The molecule has 3 nitrogen and oxygen atoms in total. The van der Waals surface area contributed by atoms with Crippen LogP contribution in [0.2, 0.25) is 5.02 Å². The second kappa shape index (κ2) is 7.59. The van der Waals surface area contributed by atoms with E-state index in [0.717, 1.165) is 44.3 Å². The third-order valence-corrected chi connectivity index (χ3v) is 4.79. The van der Waals surface area contributed by atoms with Gasteiger partial charge in [-0.05, 0) is 44.6 Å². The van der Waals surface area contributed by atoms with Crippen molar-refractivity contribution in [3.63, 3.8) is 0 Å². The highest BCUT2D eigenvalue weighted by atomic mass is 35.5. The van der Waals surface area contributed by atoms with Crippen LogP contribution in [-0.2, 0) is 4.74 Å². The fourth-order valence-corrected chi connectivity index (χ4v) is 3.15. The SMILES string of the molecule is CCNCC1(CN(C)C(C)c2ccc(Cl)cc2)CCOC1. The minimum Gasteiger partial charge on any atom is -0.381 e. The molecule has 1 N–H and O–H groups in total. The van der Waals surface area contributed by atoms with Crippen molar-refractivity contribution in [3.05, 3.63) is 34.9 Å². The van der Waals surface area contributed by atoms with Crippen molar-refractivity contribution in [1.82, 2.24) is 10.2 Å². The number of ether oxygens (including phenoxy) is 1. The first-order chi connectivity index (χ1) is 10.1. The molecule has 0 saturated carbocycles. The average molecular weight is 311 g/mol. The van der Waals surface area contributed by atoms with Gasteiger partial charge in [-0.15, -0.1) is 0 Å². The Balaban J connectivity index is 2.00. The summed E-state index contributed by atoms with van der Waals surface area (Å²) in [6.07, 6.45) is 1.14. The smallest absolute Gasteiger partial charge is 0.0547 e. The minimum atomic E-state index is 0.242. The average Bonchev–Trinajstić information content (AvgIpc) is 2.94. The quantitative estimate of drug-likeness (QED) is 0.836. The number of hydrogen-bond acceptors (Lipinski definition) is 3. The summed E-state index contributed by atoms with van der Waals surface area (Å²) in [5, 5.41) is 4.29. The molecule has 2 atom stereocenters. The molecule has 0 aromatic heterocycles. The number of nitrogens with zero attached hydrogens (tertiary/aromatic N) is 1. The Morgan fingerprint density at radius 2 is 2.10 bits per heavy atom. The normalized spacial score (nSPS) is 23.7. The van der Waals surface area contributed by atoms with Gasteiger partial charge in [0.05, 0.1) is 6.61 Å². The largest absolute Gasteiger partial charge is 0.381 e. The molecular formula is C17H27ClN2O. The Kier molecular flexibility index (Phi) is 6.06. The number of nitrogens with one attached hydrogen (secondary N) is 1. The fourth-order valence-electron chi connectivity index (χ4n) is 3.02. The van der Waals surface area contributed by atoms with Crippen LogP contribution in [0.4, 0.5) is 0 Å². The van der Waals surface area contributed by atoms with Crippen LogP contribution >= 0.6 is 11.6 Å². The number of hydrogen-bond donors (Lipinski definition) is 1. The maximum Gasteiger partial charge on any atom is 0.0547 e. The summed E-state index contributed by atoms with van der Waals surface area (Å²) < 4.78 is 5.68. The summed E-state index contributed by atoms with van der Waals surface area (Å²) in [5.41, 5.74) is 1.55. The van der Waals surface area contributed by atoms with Crippen molar-refractivity contribution < 1.29 is 4.74 Å². The van der Waals surface area contributed by atoms with Gasteiger partial charge in [0, 0.05) is 36.2 Å². The van der Waals surface area contributed by atoms with Gasteiger partial charge in [-0.2, -0.15) is 0 Å². The summed E-state index contributed by atoms with van der Waals surface area (Å²) in [7, 11) is 2.20. The second-order valence-corrected chi connectivity index (χ2v) is 6.66. The number of benzene rings is 1. The molecule has 1 aromatic rings. The van der Waals surface area contributed by atoms with Gasteiger partial charge >= 0.3 is 0 Å². The van der Waals surface area contributed by atoms with Crippen LogP contribution in [-0.4, -0.2) is 44.8 Å². The Bertz CT molecular complexity index is 429. The van der Waals surface area contributed by atoms with E-state index >= 15 is 0 Å². The van der Waals surface area contributed by atoms with Crippen LogP contribution < -0.4 is 5.32 Å². The van der Waals surface area contributed by atoms with Gasteiger partial charge in [-0.1, -0.05) is 30.7 Å². The van der Waals surface area contributed by atoms with Crippen molar-refractivity contribution >= 4 is 11.6 Å². The maximum atomic E-state index is 5.97. The molecule has 1 aliphatic heterocycles. The van der Waals surface area contributed by atoms with Crippen LogP contribution in [0.15, 0.2) is 24.3 Å². The van der Waals surface area contributed by atoms with Gasteiger partial charge in [0.25, 0.3) is 0 Å². The highest BCUT2D eigenvalue weighted by molar-refractivity contribution is 6.30. The summed E-state index contributed by atoms with van der Waals surface area (Å²) in [6, 6.07) is 8.54. The third-order valence-electron chi connectivity index (χ3n) is 4.53. The van der Waals surface area contributed by atoms with E-state index in [2.05, 4.69) is 43.2 Å². The Hall–Kier alpha value is -0.610. The zero-order valence-electron chi connectivity index (χ0n) is 13.4. The molecule has 1 heterocycles. The number of rotatable bonds is 7. The summed E-state index contributed by atoms with van der Waals surface area (Å²) in [5.74, 6) is 0. The summed E-state index contributed by atoms with van der Waals surface area (Å²) in [6.45, 7) is 9.24.